The molecular formula is C18H15ClN2O3. The van der Waals surface area contributed by atoms with Crippen molar-refractivity contribution >= 4 is 29.3 Å². The minimum atomic E-state index is -0.546. The van der Waals surface area contributed by atoms with Crippen LogP contribution in [0.2, 0.25) is 5.02 Å². The average Bonchev–Trinajstić information content (AvgIpc) is 2.58. The molecule has 0 aromatic heterocycles. The number of nitrogens with one attached hydrogen (secondary N) is 1. The van der Waals surface area contributed by atoms with Gasteiger partial charge in [-0.15, -0.1) is 0 Å². The molecule has 2 N–H and O–H groups in total. The summed E-state index contributed by atoms with van der Waals surface area (Å²) in [4.78, 5) is 12.3. The standard InChI is InChI=1S/C18H15ClN2O3/c1-11-14(19)4-3-5-15(11)21-18(23)13(10-20)8-12-6-7-16(22)17(9-12)24-2/h3-9,22H,1-2H3,(H,21,23)/b13-8+. The van der Waals surface area contributed by atoms with Gasteiger partial charge in [-0.3, -0.25) is 4.79 Å². The Bertz CT molecular complexity index is 854. The number of rotatable bonds is 4. The molecule has 0 aliphatic heterocycles. The number of carbonyl (C=O) groups is 1. The van der Waals surface area contributed by atoms with Crippen LogP contribution in [0.25, 0.3) is 6.08 Å². The predicted molar refractivity (Wildman–Crippen MR) is 93.1 cm³/mol. The summed E-state index contributed by atoms with van der Waals surface area (Å²) in [5.41, 5.74) is 1.73. The van der Waals surface area contributed by atoms with Gasteiger partial charge in [0.05, 0.1) is 7.11 Å². The molecule has 0 radical (unpaired) electrons. The van der Waals surface area contributed by atoms with Crippen LogP contribution in [0.4, 0.5) is 5.69 Å². The largest absolute Gasteiger partial charge is 0.504 e. The molecule has 0 unspecified atom stereocenters. The number of methoxy groups -OCH3 is 1. The summed E-state index contributed by atoms with van der Waals surface area (Å²) in [6.45, 7) is 1.78. The van der Waals surface area contributed by atoms with Gasteiger partial charge in [0.15, 0.2) is 11.5 Å². The number of phenolic OH excluding ortho intramolecular Hbond substituents is 1. The zero-order chi connectivity index (χ0) is 17.7. The summed E-state index contributed by atoms with van der Waals surface area (Å²) in [5, 5.41) is 22.0. The number of aromatic hydroxyl groups is 1. The van der Waals surface area contributed by atoms with Gasteiger partial charge in [-0.05, 0) is 48.4 Å². The first-order valence-electron chi connectivity index (χ1n) is 7.01. The highest BCUT2D eigenvalue weighted by Gasteiger charge is 2.12. The third-order valence-corrected chi connectivity index (χ3v) is 3.81. The Morgan fingerprint density at radius 3 is 2.79 bits per heavy atom. The highest BCUT2D eigenvalue weighted by molar-refractivity contribution is 6.31. The van der Waals surface area contributed by atoms with Crippen LogP contribution >= 0.6 is 11.6 Å². The Kier molecular flexibility index (Phi) is 5.46. The molecule has 5 nitrogen and oxygen atoms in total. The zero-order valence-corrected chi connectivity index (χ0v) is 13.9. The lowest BCUT2D eigenvalue weighted by Crippen LogP contribution is -2.14. The smallest absolute Gasteiger partial charge is 0.266 e. The zero-order valence-electron chi connectivity index (χ0n) is 13.1. The maximum atomic E-state index is 12.3. The molecule has 0 saturated carbocycles. The predicted octanol–water partition coefficient (Wildman–Crippen LogP) is 3.91. The van der Waals surface area contributed by atoms with Crippen molar-refractivity contribution in [2.24, 2.45) is 0 Å². The first-order valence-corrected chi connectivity index (χ1v) is 7.39. The van der Waals surface area contributed by atoms with E-state index in [4.69, 9.17) is 16.3 Å². The van der Waals surface area contributed by atoms with E-state index in [-0.39, 0.29) is 17.1 Å². The van der Waals surface area contributed by atoms with Crippen LogP contribution in [0.1, 0.15) is 11.1 Å². The fraction of sp³-hybridized carbons (Fsp3) is 0.111. The van der Waals surface area contributed by atoms with Crippen molar-refractivity contribution in [3.8, 4) is 17.6 Å². The summed E-state index contributed by atoms with van der Waals surface area (Å²) in [6, 6.07) is 11.5. The number of hydrogen-bond donors (Lipinski definition) is 2. The molecule has 0 fully saturated rings. The minimum absolute atomic E-state index is 0.0211. The molecule has 2 aromatic rings. The Balaban J connectivity index is 2.29. The lowest BCUT2D eigenvalue weighted by Gasteiger charge is -2.09. The molecule has 2 rings (SSSR count). The third-order valence-electron chi connectivity index (χ3n) is 3.40. The molecule has 0 bridgehead atoms. The Hall–Kier alpha value is -2.97. The molecule has 0 saturated heterocycles. The van der Waals surface area contributed by atoms with E-state index in [2.05, 4.69) is 5.32 Å². The van der Waals surface area contributed by atoms with Crippen LogP contribution in [0, 0.1) is 18.3 Å². The van der Waals surface area contributed by atoms with Gasteiger partial charge in [0.1, 0.15) is 11.6 Å². The highest BCUT2D eigenvalue weighted by atomic mass is 35.5. The third kappa shape index (κ3) is 3.86. The van der Waals surface area contributed by atoms with E-state index in [0.717, 1.165) is 5.56 Å². The molecule has 0 aliphatic rings. The lowest BCUT2D eigenvalue weighted by atomic mass is 10.1. The van der Waals surface area contributed by atoms with Crippen LogP contribution in [-0.2, 0) is 4.79 Å². The number of ether oxygens (including phenoxy) is 1. The van der Waals surface area contributed by atoms with Crippen molar-refractivity contribution in [1.29, 1.82) is 5.26 Å². The maximum Gasteiger partial charge on any atom is 0.266 e. The number of hydrogen-bond acceptors (Lipinski definition) is 4. The molecule has 0 heterocycles. The van der Waals surface area contributed by atoms with Crippen LogP contribution in [-0.4, -0.2) is 18.1 Å². The van der Waals surface area contributed by atoms with Gasteiger partial charge in [-0.1, -0.05) is 23.7 Å². The summed E-state index contributed by atoms with van der Waals surface area (Å²) < 4.78 is 5.01. The number of benzene rings is 2. The average molecular weight is 343 g/mol. The van der Waals surface area contributed by atoms with E-state index >= 15 is 0 Å². The number of anilines is 1. The van der Waals surface area contributed by atoms with Crippen molar-refractivity contribution < 1.29 is 14.6 Å². The first-order chi connectivity index (χ1) is 11.5. The molecule has 1 amide bonds. The maximum absolute atomic E-state index is 12.3. The molecule has 122 valence electrons. The van der Waals surface area contributed by atoms with Gasteiger partial charge >= 0.3 is 0 Å². The van der Waals surface area contributed by atoms with E-state index in [0.29, 0.717) is 16.3 Å². The number of nitrogens with zero attached hydrogens (tertiary/aromatic N) is 1. The molecule has 0 spiro atoms. The van der Waals surface area contributed by atoms with Crippen LogP contribution in [0.5, 0.6) is 11.5 Å². The first kappa shape index (κ1) is 17.4. The molecule has 0 aliphatic carbocycles. The Morgan fingerprint density at radius 2 is 2.12 bits per heavy atom. The second kappa shape index (κ2) is 7.53. The van der Waals surface area contributed by atoms with Crippen LogP contribution in [0.15, 0.2) is 42.0 Å². The van der Waals surface area contributed by atoms with E-state index in [1.54, 1.807) is 31.2 Å². The molecule has 24 heavy (non-hydrogen) atoms. The van der Waals surface area contributed by atoms with Crippen molar-refractivity contribution in [3.63, 3.8) is 0 Å². The summed E-state index contributed by atoms with van der Waals surface area (Å²) >= 11 is 6.02. The SMILES string of the molecule is COc1cc(/C=C(\C#N)C(=O)Nc2cccc(Cl)c2C)ccc1O. The fourth-order valence-electron chi connectivity index (χ4n) is 2.03. The number of nitriles is 1. The minimum Gasteiger partial charge on any atom is -0.504 e. The van der Waals surface area contributed by atoms with Crippen molar-refractivity contribution in [3.05, 3.63) is 58.1 Å². The highest BCUT2D eigenvalue weighted by Crippen LogP contribution is 2.27. The summed E-state index contributed by atoms with van der Waals surface area (Å²) in [7, 11) is 1.42. The van der Waals surface area contributed by atoms with Gasteiger partial charge in [0.25, 0.3) is 5.91 Å². The van der Waals surface area contributed by atoms with Gasteiger partial charge in [0, 0.05) is 10.7 Å². The van der Waals surface area contributed by atoms with Gasteiger partial charge < -0.3 is 15.2 Å². The summed E-state index contributed by atoms with van der Waals surface area (Å²) in [5.74, 6) is -0.311. The van der Waals surface area contributed by atoms with Crippen LogP contribution < -0.4 is 10.1 Å². The van der Waals surface area contributed by atoms with Crippen molar-refractivity contribution in [2.45, 2.75) is 6.92 Å². The Morgan fingerprint density at radius 1 is 1.38 bits per heavy atom. The molecular weight excluding hydrogens is 328 g/mol. The molecule has 0 atom stereocenters. The number of carbonyl (C=O) groups excluding carboxylic acids is 1. The monoisotopic (exact) mass is 342 g/mol. The number of amides is 1. The quantitative estimate of drug-likeness (QED) is 0.652. The van der Waals surface area contributed by atoms with Gasteiger partial charge in [-0.2, -0.15) is 5.26 Å². The van der Waals surface area contributed by atoms with Crippen LogP contribution in [0.3, 0.4) is 0 Å². The fourth-order valence-corrected chi connectivity index (χ4v) is 2.21. The van der Waals surface area contributed by atoms with Crippen molar-refractivity contribution in [1.82, 2.24) is 0 Å². The second-order valence-electron chi connectivity index (χ2n) is 4.97. The van der Waals surface area contributed by atoms with E-state index in [1.807, 2.05) is 6.07 Å². The van der Waals surface area contributed by atoms with E-state index < -0.39 is 5.91 Å². The topological polar surface area (TPSA) is 82.3 Å². The summed E-state index contributed by atoms with van der Waals surface area (Å²) in [6.07, 6.45) is 1.41. The second-order valence-corrected chi connectivity index (χ2v) is 5.37. The van der Waals surface area contributed by atoms with Crippen molar-refractivity contribution in [2.75, 3.05) is 12.4 Å². The lowest BCUT2D eigenvalue weighted by molar-refractivity contribution is -0.112. The molecule has 2 aromatic carbocycles. The Labute approximate surface area is 144 Å². The molecule has 6 heteroatoms. The number of halogens is 1. The van der Waals surface area contributed by atoms with Gasteiger partial charge in [-0.25, -0.2) is 0 Å². The van der Waals surface area contributed by atoms with Gasteiger partial charge in [0.2, 0.25) is 0 Å². The van der Waals surface area contributed by atoms with E-state index in [1.165, 1.54) is 25.3 Å². The number of phenols is 1. The van der Waals surface area contributed by atoms with E-state index in [9.17, 15) is 15.2 Å². The normalized spacial score (nSPS) is 10.8.